The molecule has 0 bridgehead atoms. The van der Waals surface area contributed by atoms with Gasteiger partial charge in [-0.15, -0.1) is 0 Å². The van der Waals surface area contributed by atoms with Crippen LogP contribution in [0.1, 0.15) is 17.3 Å². The van der Waals surface area contributed by atoms with Crippen LogP contribution in [0.4, 0.5) is 0 Å². The number of amides is 1. The normalized spacial score (nSPS) is 14.1. The van der Waals surface area contributed by atoms with E-state index in [1.54, 1.807) is 12.3 Å². The van der Waals surface area contributed by atoms with E-state index >= 15 is 0 Å². The van der Waals surface area contributed by atoms with Crippen molar-refractivity contribution in [3.05, 3.63) is 28.5 Å². The number of carbonyl (C=O) groups excluding carboxylic acids is 1. The summed E-state index contributed by atoms with van der Waals surface area (Å²) in [6.07, 6.45) is 5.04. The van der Waals surface area contributed by atoms with Crippen molar-refractivity contribution in [2.45, 2.75) is 18.2 Å². The molecule has 0 aromatic carbocycles. The quantitative estimate of drug-likeness (QED) is 0.867. The van der Waals surface area contributed by atoms with Gasteiger partial charge in [-0.3, -0.25) is 9.78 Å². The molecule has 0 radical (unpaired) electrons. The Hall–Kier alpha value is -0.590. The minimum atomic E-state index is -0.182. The van der Waals surface area contributed by atoms with Crippen molar-refractivity contribution in [2.75, 3.05) is 12.9 Å². The molecule has 2 atom stereocenters. The van der Waals surface area contributed by atoms with Gasteiger partial charge >= 0.3 is 0 Å². The molecule has 94 valence electrons. The highest BCUT2D eigenvalue weighted by Gasteiger charge is 2.18. The highest BCUT2D eigenvalue weighted by Crippen LogP contribution is 2.12. The third-order valence-corrected chi connectivity index (χ3v) is 3.96. The van der Waals surface area contributed by atoms with E-state index in [1.807, 2.05) is 13.2 Å². The zero-order valence-corrected chi connectivity index (χ0v) is 12.1. The molecule has 0 spiro atoms. The number of nitrogens with zero attached hydrogens (tertiary/aromatic N) is 1. The van der Waals surface area contributed by atoms with Gasteiger partial charge in [0, 0.05) is 28.2 Å². The Balaban J connectivity index is 2.66. The van der Waals surface area contributed by atoms with E-state index in [9.17, 15) is 4.79 Å². The summed E-state index contributed by atoms with van der Waals surface area (Å²) in [5, 5.41) is 12.0. The fourth-order valence-electron chi connectivity index (χ4n) is 1.36. The predicted molar refractivity (Wildman–Crippen MR) is 73.3 cm³/mol. The summed E-state index contributed by atoms with van der Waals surface area (Å²) < 4.78 is 0.765. The fourth-order valence-corrected chi connectivity index (χ4v) is 2.35. The number of thioether (sulfide) groups is 1. The number of aliphatic hydroxyl groups is 1. The standard InChI is InChI=1S/C11H15BrN2O2S/c1-7(10(6-15)17-2)14-11(16)8-3-9(12)5-13-4-8/h3-5,7,10,15H,6H2,1-2H3,(H,14,16). The summed E-state index contributed by atoms with van der Waals surface area (Å²) in [6.45, 7) is 1.92. The number of hydrogen-bond donors (Lipinski definition) is 2. The van der Waals surface area contributed by atoms with Gasteiger partial charge in [-0.1, -0.05) is 0 Å². The zero-order chi connectivity index (χ0) is 12.8. The van der Waals surface area contributed by atoms with Crippen LogP contribution in [0.5, 0.6) is 0 Å². The van der Waals surface area contributed by atoms with Crippen LogP contribution in [0.3, 0.4) is 0 Å². The SMILES string of the molecule is CSC(CO)C(C)NC(=O)c1cncc(Br)c1. The number of nitrogens with one attached hydrogen (secondary N) is 1. The Labute approximate surface area is 113 Å². The molecule has 1 rings (SSSR count). The van der Waals surface area contributed by atoms with Gasteiger partial charge in [0.1, 0.15) is 0 Å². The number of carbonyl (C=O) groups is 1. The second-order valence-electron chi connectivity index (χ2n) is 3.61. The molecule has 1 aromatic rings. The van der Waals surface area contributed by atoms with Crippen LogP contribution in [0.2, 0.25) is 0 Å². The molecular weight excluding hydrogens is 304 g/mol. The van der Waals surface area contributed by atoms with Crippen LogP contribution < -0.4 is 5.32 Å². The monoisotopic (exact) mass is 318 g/mol. The van der Waals surface area contributed by atoms with Gasteiger partial charge in [-0.05, 0) is 35.2 Å². The molecule has 0 saturated carbocycles. The lowest BCUT2D eigenvalue weighted by atomic mass is 10.2. The van der Waals surface area contributed by atoms with E-state index < -0.39 is 0 Å². The molecule has 1 aromatic heterocycles. The smallest absolute Gasteiger partial charge is 0.253 e. The van der Waals surface area contributed by atoms with Crippen LogP contribution in [-0.4, -0.2) is 40.2 Å². The first-order valence-corrected chi connectivity index (χ1v) is 7.21. The van der Waals surface area contributed by atoms with E-state index in [1.165, 1.54) is 18.0 Å². The summed E-state index contributed by atoms with van der Waals surface area (Å²) in [4.78, 5) is 15.8. The molecular formula is C11H15BrN2O2S. The van der Waals surface area contributed by atoms with Crippen LogP contribution in [-0.2, 0) is 0 Å². The molecule has 4 nitrogen and oxygen atoms in total. The molecule has 0 aliphatic heterocycles. The molecule has 0 fully saturated rings. The van der Waals surface area contributed by atoms with Gasteiger partial charge in [0.15, 0.2) is 0 Å². The first kappa shape index (κ1) is 14.5. The lowest BCUT2D eigenvalue weighted by Crippen LogP contribution is -2.41. The summed E-state index contributed by atoms with van der Waals surface area (Å²) in [7, 11) is 0. The minimum Gasteiger partial charge on any atom is -0.395 e. The van der Waals surface area contributed by atoms with Crippen LogP contribution in [0.25, 0.3) is 0 Å². The number of halogens is 1. The average Bonchev–Trinajstić information content (AvgIpc) is 2.30. The average molecular weight is 319 g/mol. The summed E-state index contributed by atoms with van der Waals surface area (Å²) in [5.74, 6) is -0.182. The first-order chi connectivity index (χ1) is 8.08. The van der Waals surface area contributed by atoms with Crippen molar-refractivity contribution >= 4 is 33.6 Å². The second-order valence-corrected chi connectivity index (χ2v) is 5.60. The Morgan fingerprint density at radius 2 is 2.35 bits per heavy atom. The molecule has 1 heterocycles. The van der Waals surface area contributed by atoms with Crippen LogP contribution in [0.15, 0.2) is 22.9 Å². The van der Waals surface area contributed by atoms with Crippen molar-refractivity contribution in [2.24, 2.45) is 0 Å². The molecule has 2 N–H and O–H groups in total. The van der Waals surface area contributed by atoms with Crippen molar-refractivity contribution in [1.82, 2.24) is 10.3 Å². The van der Waals surface area contributed by atoms with Gasteiger partial charge in [0.2, 0.25) is 0 Å². The number of rotatable bonds is 5. The highest BCUT2D eigenvalue weighted by atomic mass is 79.9. The van der Waals surface area contributed by atoms with Gasteiger partial charge in [-0.25, -0.2) is 0 Å². The van der Waals surface area contributed by atoms with Crippen molar-refractivity contribution in [3.63, 3.8) is 0 Å². The summed E-state index contributed by atoms with van der Waals surface area (Å²) >= 11 is 4.80. The zero-order valence-electron chi connectivity index (χ0n) is 9.68. The van der Waals surface area contributed by atoms with Crippen molar-refractivity contribution in [1.29, 1.82) is 0 Å². The molecule has 0 aliphatic rings. The fraction of sp³-hybridized carbons (Fsp3) is 0.455. The third kappa shape index (κ3) is 4.29. The van der Waals surface area contributed by atoms with Crippen molar-refractivity contribution < 1.29 is 9.90 Å². The van der Waals surface area contributed by atoms with Gasteiger partial charge in [-0.2, -0.15) is 11.8 Å². The number of aliphatic hydroxyl groups excluding tert-OH is 1. The lowest BCUT2D eigenvalue weighted by Gasteiger charge is -2.21. The van der Waals surface area contributed by atoms with Gasteiger partial charge < -0.3 is 10.4 Å². The Morgan fingerprint density at radius 3 is 2.88 bits per heavy atom. The maximum absolute atomic E-state index is 11.9. The molecule has 0 aliphatic carbocycles. The second kappa shape index (κ2) is 6.98. The van der Waals surface area contributed by atoms with E-state index in [0.717, 1.165) is 4.47 Å². The lowest BCUT2D eigenvalue weighted by molar-refractivity contribution is 0.0935. The minimum absolute atomic E-state index is 0.000868. The molecule has 0 saturated heterocycles. The number of hydrogen-bond acceptors (Lipinski definition) is 4. The summed E-state index contributed by atoms with van der Waals surface area (Å²) in [6, 6.07) is 1.61. The first-order valence-electron chi connectivity index (χ1n) is 5.13. The summed E-state index contributed by atoms with van der Waals surface area (Å²) in [5.41, 5.74) is 0.504. The topological polar surface area (TPSA) is 62.2 Å². The highest BCUT2D eigenvalue weighted by molar-refractivity contribution is 9.10. The van der Waals surface area contributed by atoms with Crippen molar-refractivity contribution in [3.8, 4) is 0 Å². The van der Waals surface area contributed by atoms with E-state index in [4.69, 9.17) is 5.11 Å². The van der Waals surface area contributed by atoms with Gasteiger partial charge in [0.25, 0.3) is 5.91 Å². The van der Waals surface area contributed by atoms with E-state index in [0.29, 0.717) is 5.56 Å². The van der Waals surface area contributed by atoms with E-state index in [-0.39, 0.29) is 23.8 Å². The van der Waals surface area contributed by atoms with Crippen LogP contribution >= 0.6 is 27.7 Å². The predicted octanol–water partition coefficient (Wildman–Crippen LogP) is 1.69. The molecule has 1 amide bonds. The maximum Gasteiger partial charge on any atom is 0.253 e. The number of aromatic nitrogens is 1. The van der Waals surface area contributed by atoms with Crippen LogP contribution in [0, 0.1) is 0 Å². The third-order valence-electron chi connectivity index (χ3n) is 2.37. The largest absolute Gasteiger partial charge is 0.395 e. The molecule has 2 unspecified atom stereocenters. The molecule has 6 heteroatoms. The maximum atomic E-state index is 11.9. The Morgan fingerprint density at radius 1 is 1.65 bits per heavy atom. The number of pyridine rings is 1. The van der Waals surface area contributed by atoms with Gasteiger partial charge in [0.05, 0.1) is 12.2 Å². The Bertz CT molecular complexity index is 385. The molecule has 17 heavy (non-hydrogen) atoms. The Kier molecular flexibility index (Phi) is 5.94. The van der Waals surface area contributed by atoms with E-state index in [2.05, 4.69) is 26.2 Å².